The molecule has 0 bridgehead atoms. The summed E-state index contributed by atoms with van der Waals surface area (Å²) >= 11 is 0. The summed E-state index contributed by atoms with van der Waals surface area (Å²) in [7, 11) is 0. The number of amides is 1. The van der Waals surface area contributed by atoms with E-state index in [1.165, 1.54) is 0 Å². The summed E-state index contributed by atoms with van der Waals surface area (Å²) in [6.07, 6.45) is 1.92. The van der Waals surface area contributed by atoms with E-state index >= 15 is 0 Å². The number of fused-ring (bicyclic) bond motifs is 3. The number of imidazole rings is 1. The maximum atomic E-state index is 12.2. The zero-order valence-corrected chi connectivity index (χ0v) is 11.3. The van der Waals surface area contributed by atoms with Crippen molar-refractivity contribution < 1.29 is 4.79 Å². The highest BCUT2D eigenvalue weighted by Crippen LogP contribution is 2.25. The first kappa shape index (κ1) is 11.9. The van der Waals surface area contributed by atoms with Gasteiger partial charge in [0, 0.05) is 5.57 Å². The molecule has 2 heterocycles. The summed E-state index contributed by atoms with van der Waals surface area (Å²) in [5.74, 6) is 0.535. The highest BCUT2D eigenvalue weighted by Gasteiger charge is 2.22. The van der Waals surface area contributed by atoms with Crippen LogP contribution in [0.1, 0.15) is 5.56 Å². The highest BCUT2D eigenvalue weighted by molar-refractivity contribution is 6.08. The van der Waals surface area contributed by atoms with E-state index in [2.05, 4.69) is 10.3 Å². The number of benzene rings is 2. The lowest BCUT2D eigenvalue weighted by Crippen LogP contribution is -2.26. The monoisotopic (exact) mass is 275 g/mol. The quantitative estimate of drug-likeness (QED) is 0.694. The van der Waals surface area contributed by atoms with E-state index in [1.807, 2.05) is 65.2 Å². The minimum Gasteiger partial charge on any atom is -0.305 e. The molecule has 3 aromatic rings. The number of carbonyl (C=O) groups excluding carboxylic acids is 1. The fourth-order valence-electron chi connectivity index (χ4n) is 2.62. The van der Waals surface area contributed by atoms with Gasteiger partial charge in [-0.3, -0.25) is 10.1 Å². The van der Waals surface area contributed by atoms with Crippen LogP contribution in [-0.2, 0) is 11.3 Å². The van der Waals surface area contributed by atoms with Crippen LogP contribution >= 0.6 is 0 Å². The van der Waals surface area contributed by atoms with Gasteiger partial charge in [-0.2, -0.15) is 0 Å². The molecule has 0 fully saturated rings. The molecule has 1 N–H and O–H groups in total. The number of hydrogen-bond donors (Lipinski definition) is 1. The first-order valence-electron chi connectivity index (χ1n) is 6.83. The molecule has 21 heavy (non-hydrogen) atoms. The number of rotatable bonds is 1. The third kappa shape index (κ3) is 2.01. The summed E-state index contributed by atoms with van der Waals surface area (Å²) < 4.78 is 2.03. The molecule has 1 aliphatic rings. The Morgan fingerprint density at radius 2 is 1.81 bits per heavy atom. The van der Waals surface area contributed by atoms with E-state index in [1.54, 1.807) is 0 Å². The first-order chi connectivity index (χ1) is 10.3. The second kappa shape index (κ2) is 4.59. The number of aromatic nitrogens is 2. The zero-order chi connectivity index (χ0) is 14.2. The number of nitrogens with zero attached hydrogens (tertiary/aromatic N) is 2. The van der Waals surface area contributed by atoms with Crippen LogP contribution in [0.25, 0.3) is 17.1 Å². The molecule has 0 aliphatic carbocycles. The SMILES string of the molecule is O=C1Nc2nc3ccccc3n2C/C1=C\c1ccccc1. The Balaban J connectivity index is 1.80. The molecule has 0 spiro atoms. The van der Waals surface area contributed by atoms with Crippen molar-refractivity contribution in [2.24, 2.45) is 0 Å². The predicted octanol–water partition coefficient (Wildman–Crippen LogP) is 3.07. The molecule has 4 nitrogen and oxygen atoms in total. The zero-order valence-electron chi connectivity index (χ0n) is 11.3. The minimum absolute atomic E-state index is 0.0818. The van der Waals surface area contributed by atoms with Crippen molar-refractivity contribution in [3.8, 4) is 0 Å². The molecule has 0 unspecified atom stereocenters. The van der Waals surface area contributed by atoms with Crippen LogP contribution in [0.15, 0.2) is 60.2 Å². The average Bonchev–Trinajstić information content (AvgIpc) is 2.86. The molecule has 1 aromatic heterocycles. The van der Waals surface area contributed by atoms with E-state index in [0.29, 0.717) is 12.5 Å². The fourth-order valence-corrected chi connectivity index (χ4v) is 2.62. The molecular formula is C17H13N3O. The van der Waals surface area contributed by atoms with Gasteiger partial charge in [0.25, 0.3) is 5.91 Å². The van der Waals surface area contributed by atoms with Crippen LogP contribution in [0.4, 0.5) is 5.95 Å². The molecule has 0 saturated heterocycles. The fraction of sp³-hybridized carbons (Fsp3) is 0.0588. The molecule has 0 radical (unpaired) electrons. The van der Waals surface area contributed by atoms with Gasteiger partial charge >= 0.3 is 0 Å². The molecule has 0 saturated carbocycles. The van der Waals surface area contributed by atoms with E-state index in [-0.39, 0.29) is 5.91 Å². The van der Waals surface area contributed by atoms with Crippen molar-refractivity contribution in [3.05, 3.63) is 65.7 Å². The standard InChI is InChI=1S/C17H13N3O/c21-16-13(10-12-6-2-1-3-7-12)11-20-15-9-5-4-8-14(15)18-17(20)19-16/h1-10H,11H2,(H,18,19,21)/b13-10+. The van der Waals surface area contributed by atoms with Gasteiger partial charge in [-0.05, 0) is 23.8 Å². The van der Waals surface area contributed by atoms with Crippen LogP contribution < -0.4 is 5.32 Å². The predicted molar refractivity (Wildman–Crippen MR) is 82.8 cm³/mol. The van der Waals surface area contributed by atoms with E-state index in [0.717, 1.165) is 22.2 Å². The van der Waals surface area contributed by atoms with Crippen molar-refractivity contribution in [1.82, 2.24) is 9.55 Å². The average molecular weight is 275 g/mol. The number of nitrogens with one attached hydrogen (secondary N) is 1. The smallest absolute Gasteiger partial charge is 0.255 e. The third-order valence-corrected chi connectivity index (χ3v) is 3.64. The van der Waals surface area contributed by atoms with Crippen LogP contribution in [-0.4, -0.2) is 15.5 Å². The van der Waals surface area contributed by atoms with E-state index in [9.17, 15) is 4.79 Å². The molecule has 0 atom stereocenters. The summed E-state index contributed by atoms with van der Waals surface area (Å²) in [4.78, 5) is 16.7. The topological polar surface area (TPSA) is 46.9 Å². The van der Waals surface area contributed by atoms with Gasteiger partial charge in [0.2, 0.25) is 5.95 Å². The number of anilines is 1. The lowest BCUT2D eigenvalue weighted by atomic mass is 10.1. The Labute approximate surface area is 121 Å². The Morgan fingerprint density at radius 3 is 2.67 bits per heavy atom. The van der Waals surface area contributed by atoms with Crippen molar-refractivity contribution in [3.63, 3.8) is 0 Å². The minimum atomic E-state index is -0.0818. The van der Waals surface area contributed by atoms with Crippen LogP contribution in [0, 0.1) is 0 Å². The second-order valence-corrected chi connectivity index (χ2v) is 5.04. The van der Waals surface area contributed by atoms with Crippen LogP contribution in [0.3, 0.4) is 0 Å². The van der Waals surface area contributed by atoms with Gasteiger partial charge < -0.3 is 4.57 Å². The molecule has 1 aliphatic heterocycles. The van der Waals surface area contributed by atoms with Gasteiger partial charge in [0.1, 0.15) is 0 Å². The van der Waals surface area contributed by atoms with Crippen LogP contribution in [0.5, 0.6) is 0 Å². The van der Waals surface area contributed by atoms with E-state index < -0.39 is 0 Å². The maximum absolute atomic E-state index is 12.2. The Morgan fingerprint density at radius 1 is 1.05 bits per heavy atom. The number of carbonyl (C=O) groups is 1. The number of hydrogen-bond acceptors (Lipinski definition) is 2. The van der Waals surface area contributed by atoms with Crippen molar-refractivity contribution in [2.45, 2.75) is 6.54 Å². The van der Waals surface area contributed by atoms with Gasteiger partial charge in [0.15, 0.2) is 0 Å². The van der Waals surface area contributed by atoms with Crippen molar-refractivity contribution >= 4 is 29.0 Å². The summed E-state index contributed by atoms with van der Waals surface area (Å²) in [5.41, 5.74) is 3.69. The third-order valence-electron chi connectivity index (χ3n) is 3.64. The van der Waals surface area contributed by atoms with Crippen molar-refractivity contribution in [1.29, 1.82) is 0 Å². The molecule has 1 amide bonds. The van der Waals surface area contributed by atoms with Crippen molar-refractivity contribution in [2.75, 3.05) is 5.32 Å². The molecular weight excluding hydrogens is 262 g/mol. The Hall–Kier alpha value is -2.88. The molecule has 2 aromatic carbocycles. The maximum Gasteiger partial charge on any atom is 0.255 e. The second-order valence-electron chi connectivity index (χ2n) is 5.04. The lowest BCUT2D eigenvalue weighted by molar-refractivity contribution is -0.113. The molecule has 102 valence electrons. The van der Waals surface area contributed by atoms with Gasteiger partial charge in [-0.1, -0.05) is 42.5 Å². The largest absolute Gasteiger partial charge is 0.305 e. The highest BCUT2D eigenvalue weighted by atomic mass is 16.2. The van der Waals surface area contributed by atoms with Gasteiger partial charge in [0.05, 0.1) is 17.6 Å². The normalized spacial score (nSPS) is 16.0. The van der Waals surface area contributed by atoms with E-state index in [4.69, 9.17) is 0 Å². The summed E-state index contributed by atoms with van der Waals surface area (Å²) in [5, 5.41) is 2.86. The van der Waals surface area contributed by atoms with Gasteiger partial charge in [-0.15, -0.1) is 0 Å². The molecule has 4 heteroatoms. The summed E-state index contributed by atoms with van der Waals surface area (Å²) in [6.45, 7) is 0.538. The summed E-state index contributed by atoms with van der Waals surface area (Å²) in [6, 6.07) is 17.8. The lowest BCUT2D eigenvalue weighted by Gasteiger charge is -2.18. The van der Waals surface area contributed by atoms with Gasteiger partial charge in [-0.25, -0.2) is 4.98 Å². The Kier molecular flexibility index (Phi) is 2.60. The van der Waals surface area contributed by atoms with Crippen LogP contribution in [0.2, 0.25) is 0 Å². The Bertz CT molecular complexity index is 862. The molecule has 4 rings (SSSR count). The number of para-hydroxylation sites is 2. The first-order valence-corrected chi connectivity index (χ1v) is 6.83.